The summed E-state index contributed by atoms with van der Waals surface area (Å²) in [4.78, 5) is 27.4. The van der Waals surface area contributed by atoms with Crippen LogP contribution in [0.2, 0.25) is 0 Å². The number of nitrogens with zero attached hydrogens (tertiary/aromatic N) is 3. The molecule has 0 saturated carbocycles. The van der Waals surface area contributed by atoms with Gasteiger partial charge in [-0.3, -0.25) is 4.79 Å². The van der Waals surface area contributed by atoms with Crippen LogP contribution in [0.4, 0.5) is 23.7 Å². The van der Waals surface area contributed by atoms with Crippen LogP contribution >= 0.6 is 0 Å². The third-order valence-electron chi connectivity index (χ3n) is 6.04. The summed E-state index contributed by atoms with van der Waals surface area (Å²) in [5, 5.41) is 10.5. The largest absolute Gasteiger partial charge is 0.573 e. The Kier molecular flexibility index (Phi) is 8.26. The monoisotopic (exact) mass is 624 g/mol. The molecule has 0 fully saturated rings. The van der Waals surface area contributed by atoms with E-state index in [1.54, 1.807) is 20.8 Å². The maximum Gasteiger partial charge on any atom is 0.573 e. The highest BCUT2D eigenvalue weighted by Gasteiger charge is 2.40. The van der Waals surface area contributed by atoms with Crippen molar-refractivity contribution >= 4 is 27.5 Å². The summed E-state index contributed by atoms with van der Waals surface area (Å²) >= 11 is 0. The van der Waals surface area contributed by atoms with Crippen molar-refractivity contribution in [1.82, 2.24) is 15.5 Å². The molecule has 43 heavy (non-hydrogen) atoms. The van der Waals surface area contributed by atoms with Crippen LogP contribution < -0.4 is 15.0 Å². The lowest BCUT2D eigenvalue weighted by Crippen LogP contribution is -2.51. The first-order chi connectivity index (χ1) is 19.7. The van der Waals surface area contributed by atoms with E-state index in [1.165, 1.54) is 30.3 Å². The summed E-state index contributed by atoms with van der Waals surface area (Å²) < 4.78 is 80.0. The summed E-state index contributed by atoms with van der Waals surface area (Å²) in [7, 11) is -4.16. The molecule has 15 heteroatoms. The predicted octanol–water partition coefficient (Wildman–Crippen LogP) is 5.15. The number of alkyl carbamates (subject to hydrolysis) is 1. The first kappa shape index (κ1) is 31.8. The van der Waals surface area contributed by atoms with Gasteiger partial charge in [0.05, 0.1) is 22.9 Å². The minimum Gasteiger partial charge on any atom is -0.444 e. The van der Waals surface area contributed by atoms with Crippen LogP contribution in [0.5, 0.6) is 5.75 Å². The number of alkyl halides is 3. The number of halogens is 3. The summed E-state index contributed by atoms with van der Waals surface area (Å²) in [6.07, 6.45) is -5.89. The number of hydrogen-bond donors (Lipinski definition) is 1. The zero-order valence-corrected chi connectivity index (χ0v) is 25.1. The van der Waals surface area contributed by atoms with Gasteiger partial charge in [-0.25, -0.2) is 13.2 Å². The highest BCUT2D eigenvalue weighted by atomic mass is 32.2. The van der Waals surface area contributed by atoms with Crippen LogP contribution in [0.1, 0.15) is 53.0 Å². The molecule has 1 aliphatic rings. The third kappa shape index (κ3) is 7.83. The second-order valence-electron chi connectivity index (χ2n) is 11.9. The number of aromatic nitrogens is 2. The van der Waals surface area contributed by atoms with Gasteiger partial charge in [0.1, 0.15) is 17.4 Å². The number of ether oxygens (including phenoxy) is 2. The normalized spacial score (nSPS) is 17.2. The van der Waals surface area contributed by atoms with E-state index in [-0.39, 0.29) is 23.0 Å². The van der Waals surface area contributed by atoms with Crippen LogP contribution in [0.25, 0.3) is 11.5 Å². The smallest absolute Gasteiger partial charge is 0.444 e. The lowest BCUT2D eigenvalue weighted by molar-refractivity contribution is -0.274. The molecule has 0 bridgehead atoms. The fourth-order valence-corrected chi connectivity index (χ4v) is 5.76. The second kappa shape index (κ2) is 11.2. The molecule has 2 aromatic carbocycles. The topological polar surface area (TPSA) is 141 Å². The Morgan fingerprint density at radius 3 is 2.26 bits per heavy atom. The number of carbonyl (C=O) groups excluding carboxylic acids is 2. The third-order valence-corrected chi connectivity index (χ3v) is 7.82. The van der Waals surface area contributed by atoms with Gasteiger partial charge >= 0.3 is 12.5 Å². The van der Waals surface area contributed by atoms with Crippen LogP contribution in [0.3, 0.4) is 0 Å². The fourth-order valence-electron chi connectivity index (χ4n) is 4.15. The molecule has 0 radical (unpaired) electrons. The molecule has 1 N–H and O–H groups in total. The number of sulfone groups is 1. The van der Waals surface area contributed by atoms with E-state index in [0.29, 0.717) is 17.0 Å². The van der Waals surface area contributed by atoms with E-state index in [1.807, 2.05) is 20.8 Å². The lowest BCUT2D eigenvalue weighted by atomic mass is 9.97. The Morgan fingerprint density at radius 2 is 1.70 bits per heavy atom. The van der Waals surface area contributed by atoms with E-state index < -0.39 is 56.8 Å². The molecule has 0 saturated heterocycles. The molecular weight excluding hydrogens is 593 g/mol. The molecule has 0 unspecified atom stereocenters. The molecule has 2 heterocycles. The Bertz CT molecular complexity index is 1620. The molecular formula is C28H31F3N4O7S. The minimum atomic E-state index is -4.89. The van der Waals surface area contributed by atoms with Gasteiger partial charge in [0.25, 0.3) is 5.91 Å². The zero-order chi connectivity index (χ0) is 32.0. The summed E-state index contributed by atoms with van der Waals surface area (Å²) in [5.74, 6) is -1.61. The van der Waals surface area contributed by atoms with Gasteiger partial charge in [-0.15, -0.1) is 23.4 Å². The maximum atomic E-state index is 13.9. The van der Waals surface area contributed by atoms with Crippen molar-refractivity contribution in [2.45, 2.75) is 76.4 Å². The number of amides is 2. The van der Waals surface area contributed by atoms with E-state index in [9.17, 15) is 31.2 Å². The number of anilines is 1. The number of carbonyl (C=O) groups is 2. The van der Waals surface area contributed by atoms with Gasteiger partial charge in [-0.2, -0.15) is 0 Å². The molecule has 0 aliphatic carbocycles. The Balaban J connectivity index is 1.78. The highest BCUT2D eigenvalue weighted by molar-refractivity contribution is 7.91. The van der Waals surface area contributed by atoms with Crippen molar-refractivity contribution in [3.8, 4) is 17.2 Å². The number of hydrogen-bond acceptors (Lipinski definition) is 9. The SMILES string of the molecule is CC(C)(C)OC(=O)N[C@H]1CS(=O)(=O)c2ccc(-c3nnc(C(C)(C)C)o3)cc2N(Cc2ccc(OC(F)(F)F)cc2)C1=O. The van der Waals surface area contributed by atoms with Crippen molar-refractivity contribution in [3.05, 3.63) is 53.9 Å². The van der Waals surface area contributed by atoms with Gasteiger partial charge in [0.2, 0.25) is 11.8 Å². The van der Waals surface area contributed by atoms with Crippen molar-refractivity contribution in [2.75, 3.05) is 10.7 Å². The lowest BCUT2D eigenvalue weighted by Gasteiger charge is -2.27. The zero-order valence-electron chi connectivity index (χ0n) is 24.3. The van der Waals surface area contributed by atoms with Crippen LogP contribution in [-0.2, 0) is 31.3 Å². The van der Waals surface area contributed by atoms with E-state index >= 15 is 0 Å². The molecule has 1 aliphatic heterocycles. The number of nitrogens with one attached hydrogen (secondary N) is 1. The first-order valence-electron chi connectivity index (χ1n) is 13.1. The number of fused-ring (bicyclic) bond motifs is 1. The average Bonchev–Trinajstić information content (AvgIpc) is 3.34. The molecule has 0 spiro atoms. The van der Waals surface area contributed by atoms with E-state index in [2.05, 4.69) is 20.3 Å². The summed E-state index contributed by atoms with van der Waals surface area (Å²) in [5.41, 5.74) is -0.762. The Morgan fingerprint density at radius 1 is 1.05 bits per heavy atom. The van der Waals surface area contributed by atoms with E-state index in [0.717, 1.165) is 17.0 Å². The quantitative estimate of drug-likeness (QED) is 0.408. The van der Waals surface area contributed by atoms with Gasteiger partial charge < -0.3 is 24.1 Å². The van der Waals surface area contributed by atoms with Crippen LogP contribution in [-0.4, -0.2) is 54.4 Å². The summed E-state index contributed by atoms with van der Waals surface area (Å²) in [6.45, 7) is 10.2. The molecule has 232 valence electrons. The van der Waals surface area contributed by atoms with Gasteiger partial charge in [0.15, 0.2) is 9.84 Å². The standard InChI is InChI=1S/C28H31F3N4O7S/c1-26(2,3)24-34-33-22(40-24)17-9-12-21-20(13-17)35(14-16-7-10-18(11-8-16)41-28(29,30)31)23(36)19(15-43(21,38)39)32-25(37)42-27(4,5)6/h7-13,19H,14-15H2,1-6H3,(H,32,37)/t19-/m0/s1. The first-order valence-corrected chi connectivity index (χ1v) is 14.7. The van der Waals surface area contributed by atoms with Crippen molar-refractivity contribution in [2.24, 2.45) is 0 Å². The fraction of sp³-hybridized carbons (Fsp3) is 0.429. The maximum absolute atomic E-state index is 13.9. The van der Waals surface area contributed by atoms with Gasteiger partial charge in [-0.1, -0.05) is 32.9 Å². The Hall–Kier alpha value is -4.14. The molecule has 2 amide bonds. The van der Waals surface area contributed by atoms with Gasteiger partial charge in [0, 0.05) is 11.0 Å². The van der Waals surface area contributed by atoms with Crippen molar-refractivity contribution in [1.29, 1.82) is 0 Å². The van der Waals surface area contributed by atoms with Crippen molar-refractivity contribution in [3.63, 3.8) is 0 Å². The van der Waals surface area contributed by atoms with E-state index in [4.69, 9.17) is 9.15 Å². The van der Waals surface area contributed by atoms with Gasteiger partial charge in [-0.05, 0) is 56.7 Å². The van der Waals surface area contributed by atoms with Crippen LogP contribution in [0, 0.1) is 0 Å². The average molecular weight is 625 g/mol. The minimum absolute atomic E-state index is 0.0397. The predicted molar refractivity (Wildman–Crippen MR) is 148 cm³/mol. The molecule has 4 rings (SSSR count). The van der Waals surface area contributed by atoms with Crippen LogP contribution in [0.15, 0.2) is 51.8 Å². The molecule has 3 aromatic rings. The summed E-state index contributed by atoms with van der Waals surface area (Å²) in [6, 6.07) is 7.38. The number of rotatable bonds is 5. The number of benzene rings is 2. The highest BCUT2D eigenvalue weighted by Crippen LogP contribution is 2.36. The molecule has 11 nitrogen and oxygen atoms in total. The van der Waals surface area contributed by atoms with Crippen molar-refractivity contribution < 1.29 is 45.1 Å². The molecule has 1 atom stereocenters. The second-order valence-corrected chi connectivity index (χ2v) is 13.9. The Labute approximate surface area is 246 Å². The molecule has 1 aromatic heterocycles.